The lowest BCUT2D eigenvalue weighted by molar-refractivity contribution is 0.122. The quantitative estimate of drug-likeness (QED) is 0.472. The van der Waals surface area contributed by atoms with Crippen LogP contribution in [-0.2, 0) is 11.3 Å². The molecule has 3 aliphatic rings. The molecule has 0 unspecified atom stereocenters. The molecule has 0 amide bonds. The summed E-state index contributed by atoms with van der Waals surface area (Å²) in [6, 6.07) is 6.23. The number of aromatic nitrogens is 5. The molecule has 6 heterocycles. The maximum absolute atomic E-state index is 5.62. The van der Waals surface area contributed by atoms with E-state index in [-0.39, 0.29) is 0 Å². The van der Waals surface area contributed by atoms with Crippen LogP contribution in [0.15, 0.2) is 36.8 Å². The minimum absolute atomic E-state index is 0.501. The van der Waals surface area contributed by atoms with Crippen molar-refractivity contribution in [2.24, 2.45) is 5.41 Å². The lowest BCUT2D eigenvalue weighted by Crippen LogP contribution is -2.38. The number of H-pyrrole nitrogens is 1. The molecule has 35 heavy (non-hydrogen) atoms. The van der Waals surface area contributed by atoms with E-state index < -0.39 is 0 Å². The fourth-order valence-electron chi connectivity index (χ4n) is 6.17. The van der Waals surface area contributed by atoms with Gasteiger partial charge in [0.05, 0.1) is 36.3 Å². The lowest BCUT2D eigenvalue weighted by atomic mass is 9.78. The van der Waals surface area contributed by atoms with Crippen molar-refractivity contribution in [3.05, 3.63) is 42.5 Å². The number of likely N-dealkylation sites (tertiary alicyclic amines) is 1. The summed E-state index contributed by atoms with van der Waals surface area (Å²) >= 11 is 0. The van der Waals surface area contributed by atoms with Crippen LogP contribution in [0.5, 0.6) is 0 Å². The van der Waals surface area contributed by atoms with Gasteiger partial charge in [-0.05, 0) is 50.4 Å². The highest BCUT2D eigenvalue weighted by atomic mass is 16.5. The zero-order valence-electron chi connectivity index (χ0n) is 20.0. The number of anilines is 1. The van der Waals surface area contributed by atoms with Gasteiger partial charge in [0.15, 0.2) is 11.5 Å². The van der Waals surface area contributed by atoms with Crippen molar-refractivity contribution >= 4 is 22.4 Å². The number of rotatable bonds is 4. The molecule has 3 aromatic heterocycles. The third kappa shape index (κ3) is 3.87. The number of benzene rings is 1. The maximum Gasteiger partial charge on any atom is 0.180 e. The van der Waals surface area contributed by atoms with Crippen molar-refractivity contribution in [1.82, 2.24) is 34.8 Å². The molecule has 9 heteroatoms. The molecule has 1 spiro atoms. The number of fused-ring (bicyclic) bond motifs is 2. The SMILES string of the molecule is c1cc(-c2cn3cc(CN4CCC5(CCNCC5)C4)nc3c(N3CCOCC3)n2)c2cn[nH]c2c1. The molecule has 2 N–H and O–H groups in total. The van der Waals surface area contributed by atoms with Crippen molar-refractivity contribution in [2.45, 2.75) is 25.8 Å². The first-order chi connectivity index (χ1) is 17.3. The molecular weight excluding hydrogens is 440 g/mol. The van der Waals surface area contributed by atoms with Crippen molar-refractivity contribution in [3.63, 3.8) is 0 Å². The Balaban J connectivity index is 1.26. The van der Waals surface area contributed by atoms with Gasteiger partial charge in [0.2, 0.25) is 0 Å². The third-order valence-electron chi connectivity index (χ3n) is 8.11. The second kappa shape index (κ2) is 8.58. The molecule has 7 rings (SSSR count). The van der Waals surface area contributed by atoms with Gasteiger partial charge in [0.1, 0.15) is 0 Å². The van der Waals surface area contributed by atoms with E-state index in [0.29, 0.717) is 18.6 Å². The number of nitrogens with zero attached hydrogens (tertiary/aromatic N) is 6. The Labute approximate surface area is 204 Å². The zero-order valence-corrected chi connectivity index (χ0v) is 20.0. The summed E-state index contributed by atoms with van der Waals surface area (Å²) in [4.78, 5) is 15.2. The molecule has 9 nitrogen and oxygen atoms in total. The van der Waals surface area contributed by atoms with Gasteiger partial charge in [-0.2, -0.15) is 5.10 Å². The van der Waals surface area contributed by atoms with Crippen LogP contribution in [0.3, 0.4) is 0 Å². The largest absolute Gasteiger partial charge is 0.378 e. The molecule has 1 aromatic carbocycles. The van der Waals surface area contributed by atoms with Gasteiger partial charge in [-0.3, -0.25) is 10.00 Å². The number of piperidine rings is 1. The van der Waals surface area contributed by atoms with E-state index in [1.807, 2.05) is 12.3 Å². The number of imidazole rings is 1. The van der Waals surface area contributed by atoms with Crippen molar-refractivity contribution in [3.8, 4) is 11.3 Å². The summed E-state index contributed by atoms with van der Waals surface area (Å²) in [5.41, 5.74) is 5.58. The molecule has 0 saturated carbocycles. The van der Waals surface area contributed by atoms with Gasteiger partial charge in [-0.25, -0.2) is 9.97 Å². The van der Waals surface area contributed by atoms with Gasteiger partial charge in [0.25, 0.3) is 0 Å². The van der Waals surface area contributed by atoms with Crippen LogP contribution in [-0.4, -0.2) is 81.9 Å². The highest BCUT2D eigenvalue weighted by molar-refractivity contribution is 5.93. The van der Waals surface area contributed by atoms with Crippen LogP contribution in [0.1, 0.15) is 25.0 Å². The molecule has 0 aliphatic carbocycles. The van der Waals surface area contributed by atoms with Crippen molar-refractivity contribution in [2.75, 3.05) is 57.4 Å². The van der Waals surface area contributed by atoms with Gasteiger partial charge in [-0.15, -0.1) is 0 Å². The molecule has 3 aliphatic heterocycles. The van der Waals surface area contributed by atoms with E-state index in [4.69, 9.17) is 14.7 Å². The molecule has 3 fully saturated rings. The Hall–Kier alpha value is -3.01. The monoisotopic (exact) mass is 472 g/mol. The Morgan fingerprint density at radius 1 is 1.00 bits per heavy atom. The van der Waals surface area contributed by atoms with Crippen LogP contribution < -0.4 is 10.2 Å². The second-order valence-corrected chi connectivity index (χ2v) is 10.4. The first-order valence-electron chi connectivity index (χ1n) is 12.8. The molecule has 0 radical (unpaired) electrons. The van der Waals surface area contributed by atoms with Crippen LogP contribution in [0.2, 0.25) is 0 Å². The molecule has 4 aromatic rings. The maximum atomic E-state index is 5.62. The summed E-state index contributed by atoms with van der Waals surface area (Å²) in [5, 5.41) is 11.9. The highest BCUT2D eigenvalue weighted by Gasteiger charge is 2.38. The first kappa shape index (κ1) is 21.3. The van der Waals surface area contributed by atoms with Gasteiger partial charge >= 0.3 is 0 Å². The second-order valence-electron chi connectivity index (χ2n) is 10.4. The van der Waals surface area contributed by atoms with E-state index in [1.54, 1.807) is 0 Å². The normalized spacial score (nSPS) is 21.0. The smallest absolute Gasteiger partial charge is 0.180 e. The summed E-state index contributed by atoms with van der Waals surface area (Å²) < 4.78 is 7.80. The van der Waals surface area contributed by atoms with E-state index in [9.17, 15) is 0 Å². The van der Waals surface area contributed by atoms with Gasteiger partial charge in [0, 0.05) is 49.5 Å². The predicted octanol–water partition coefficient (Wildman–Crippen LogP) is 2.68. The topological polar surface area (TPSA) is 86.6 Å². The lowest BCUT2D eigenvalue weighted by Gasteiger charge is -2.33. The minimum atomic E-state index is 0.501. The summed E-state index contributed by atoms with van der Waals surface area (Å²) in [6.07, 6.45) is 10.1. The van der Waals surface area contributed by atoms with E-state index in [0.717, 1.165) is 78.6 Å². The average molecular weight is 473 g/mol. The third-order valence-corrected chi connectivity index (χ3v) is 8.11. The number of morpholine rings is 1. The van der Waals surface area contributed by atoms with Gasteiger partial charge < -0.3 is 19.4 Å². The molecule has 0 atom stereocenters. The van der Waals surface area contributed by atoms with Crippen molar-refractivity contribution in [1.29, 1.82) is 0 Å². The fourth-order valence-corrected chi connectivity index (χ4v) is 6.17. The first-order valence-corrected chi connectivity index (χ1v) is 12.8. The van der Waals surface area contributed by atoms with E-state index in [2.05, 4.69) is 54.2 Å². The minimum Gasteiger partial charge on any atom is -0.378 e. The predicted molar refractivity (Wildman–Crippen MR) is 136 cm³/mol. The highest BCUT2D eigenvalue weighted by Crippen LogP contribution is 2.39. The Morgan fingerprint density at radius 2 is 1.89 bits per heavy atom. The van der Waals surface area contributed by atoms with Crippen molar-refractivity contribution < 1.29 is 4.74 Å². The fraction of sp³-hybridized carbons (Fsp3) is 0.500. The number of hydrogen-bond acceptors (Lipinski definition) is 7. The van der Waals surface area contributed by atoms with Crippen LogP contribution in [0.25, 0.3) is 27.8 Å². The summed E-state index contributed by atoms with van der Waals surface area (Å²) in [7, 11) is 0. The Morgan fingerprint density at radius 3 is 2.77 bits per heavy atom. The number of aromatic amines is 1. The number of ether oxygens (including phenoxy) is 1. The van der Waals surface area contributed by atoms with Crippen LogP contribution in [0.4, 0.5) is 5.82 Å². The number of hydrogen-bond donors (Lipinski definition) is 2. The van der Waals surface area contributed by atoms with E-state index in [1.165, 1.54) is 25.8 Å². The van der Waals surface area contributed by atoms with Crippen LogP contribution >= 0.6 is 0 Å². The molecular formula is C26H32N8O. The zero-order chi connectivity index (χ0) is 23.2. The van der Waals surface area contributed by atoms with Crippen LogP contribution in [0, 0.1) is 5.41 Å². The standard InChI is InChI=1S/C26H32N8O/c1-2-20(21-14-28-31-22(21)3-1)23-17-34-16-19(15-32-9-6-26(18-32)4-7-27-8-5-26)29-24(34)25(30-23)33-10-12-35-13-11-33/h1-3,14,16-17,27H,4-13,15,18H2,(H,28,31). The summed E-state index contributed by atoms with van der Waals surface area (Å²) in [6.45, 7) is 8.64. The summed E-state index contributed by atoms with van der Waals surface area (Å²) in [5.74, 6) is 0.939. The Bertz CT molecular complexity index is 1350. The molecule has 3 saturated heterocycles. The number of nitrogens with one attached hydrogen (secondary N) is 2. The average Bonchev–Trinajstić information content (AvgIpc) is 3.63. The molecule has 182 valence electrons. The molecule has 0 bridgehead atoms. The van der Waals surface area contributed by atoms with Gasteiger partial charge in [-0.1, -0.05) is 12.1 Å². The van der Waals surface area contributed by atoms with E-state index >= 15 is 0 Å². The Kier molecular flexibility index (Phi) is 5.22.